The molecule has 0 saturated heterocycles. The number of amides is 2. The summed E-state index contributed by atoms with van der Waals surface area (Å²) in [5.74, 6) is 0.0573. The molecule has 0 spiro atoms. The molecule has 2 amide bonds. The van der Waals surface area contributed by atoms with Crippen molar-refractivity contribution in [2.75, 3.05) is 27.4 Å². The Hall–Kier alpha value is -4.57. The van der Waals surface area contributed by atoms with Gasteiger partial charge >= 0.3 is 5.97 Å². The molecule has 0 heterocycles. The fourth-order valence-corrected chi connectivity index (χ4v) is 3.57. The molecular weight excluding hydrogens is 526 g/mol. The zero-order valence-corrected chi connectivity index (χ0v) is 22.4. The third kappa shape index (κ3) is 8.21. The van der Waals surface area contributed by atoms with Crippen molar-refractivity contribution in [2.24, 2.45) is 5.10 Å². The van der Waals surface area contributed by atoms with Crippen LogP contribution in [0.2, 0.25) is 5.02 Å². The average molecular weight is 554 g/mol. The molecule has 0 fully saturated rings. The summed E-state index contributed by atoms with van der Waals surface area (Å²) in [5.41, 5.74) is 3.60. The minimum Gasteiger partial charge on any atom is -0.493 e. The maximum atomic E-state index is 12.7. The molecular formula is C28H28ClN3O7. The molecule has 3 aromatic carbocycles. The van der Waals surface area contributed by atoms with Crippen LogP contribution in [0.3, 0.4) is 0 Å². The third-order valence-corrected chi connectivity index (χ3v) is 5.58. The Morgan fingerprint density at radius 1 is 0.923 bits per heavy atom. The predicted octanol–water partition coefficient (Wildman–Crippen LogP) is 4.25. The van der Waals surface area contributed by atoms with Crippen LogP contribution in [-0.4, -0.2) is 51.4 Å². The number of rotatable bonds is 12. The Labute approximate surface area is 230 Å². The van der Waals surface area contributed by atoms with Gasteiger partial charge in [0.25, 0.3) is 5.91 Å². The van der Waals surface area contributed by atoms with Gasteiger partial charge in [-0.2, -0.15) is 5.10 Å². The minimum atomic E-state index is -0.604. The number of ether oxygens (including phenoxy) is 4. The van der Waals surface area contributed by atoms with Gasteiger partial charge in [0.2, 0.25) is 5.91 Å². The zero-order chi connectivity index (χ0) is 28.2. The fraction of sp³-hybridized carbons (Fsp3) is 0.214. The van der Waals surface area contributed by atoms with Crippen LogP contribution in [0.5, 0.6) is 23.0 Å². The second-order valence-corrected chi connectivity index (χ2v) is 8.28. The highest BCUT2D eigenvalue weighted by Gasteiger charge is 2.16. The van der Waals surface area contributed by atoms with Gasteiger partial charge in [0.05, 0.1) is 43.2 Å². The van der Waals surface area contributed by atoms with E-state index < -0.39 is 11.9 Å². The lowest BCUT2D eigenvalue weighted by Crippen LogP contribution is -2.29. The molecule has 0 aliphatic carbocycles. The standard InChI is InChI=1S/C28H28ClN3O7/c1-4-38-25-15-18(9-11-23(25)39-28(35)19-10-12-22(36-2)24(16-19)37-3)17-31-32-26(33)13-14-30-27(34)20-7-5-6-8-21(20)29/h5-12,15-17H,4,13-14H2,1-3H3,(H,30,34)(H,32,33). The highest BCUT2D eigenvalue weighted by atomic mass is 35.5. The summed E-state index contributed by atoms with van der Waals surface area (Å²) >= 11 is 6.00. The van der Waals surface area contributed by atoms with Crippen LogP contribution in [0.4, 0.5) is 0 Å². The Kier molecular flexibility index (Phi) is 10.7. The molecule has 0 aromatic heterocycles. The first-order chi connectivity index (χ1) is 18.9. The van der Waals surface area contributed by atoms with Crippen LogP contribution in [0.15, 0.2) is 65.8 Å². The maximum absolute atomic E-state index is 12.7. The van der Waals surface area contributed by atoms with E-state index in [0.29, 0.717) is 40.0 Å². The van der Waals surface area contributed by atoms with E-state index in [4.69, 9.17) is 30.5 Å². The number of nitrogens with zero attached hydrogens (tertiary/aromatic N) is 1. The van der Waals surface area contributed by atoms with Crippen LogP contribution in [0.1, 0.15) is 39.6 Å². The number of hydrogen-bond donors (Lipinski definition) is 2. The number of halogens is 1. The van der Waals surface area contributed by atoms with E-state index in [2.05, 4.69) is 15.8 Å². The Balaban J connectivity index is 1.56. The van der Waals surface area contributed by atoms with Gasteiger partial charge in [0.1, 0.15) is 0 Å². The van der Waals surface area contributed by atoms with Crippen molar-refractivity contribution in [3.8, 4) is 23.0 Å². The first-order valence-electron chi connectivity index (χ1n) is 11.9. The molecule has 0 radical (unpaired) electrons. The van der Waals surface area contributed by atoms with Gasteiger partial charge in [0, 0.05) is 13.0 Å². The SMILES string of the molecule is CCOc1cc(C=NNC(=O)CCNC(=O)c2ccccc2Cl)ccc1OC(=O)c1ccc(OC)c(OC)c1. The largest absolute Gasteiger partial charge is 0.493 e. The van der Waals surface area contributed by atoms with Crippen molar-refractivity contribution in [1.29, 1.82) is 0 Å². The van der Waals surface area contributed by atoms with E-state index in [9.17, 15) is 14.4 Å². The second kappa shape index (κ2) is 14.4. The van der Waals surface area contributed by atoms with Crippen LogP contribution in [-0.2, 0) is 4.79 Å². The molecule has 0 atom stereocenters. The lowest BCUT2D eigenvalue weighted by Gasteiger charge is -2.12. The Bertz CT molecular complexity index is 1360. The lowest BCUT2D eigenvalue weighted by atomic mass is 10.2. The van der Waals surface area contributed by atoms with Gasteiger partial charge in [-0.1, -0.05) is 23.7 Å². The molecule has 3 rings (SSSR count). The van der Waals surface area contributed by atoms with E-state index in [0.717, 1.165) is 0 Å². The molecule has 39 heavy (non-hydrogen) atoms. The summed E-state index contributed by atoms with van der Waals surface area (Å²) < 4.78 is 21.6. The summed E-state index contributed by atoms with van der Waals surface area (Å²) in [7, 11) is 2.98. The number of esters is 1. The van der Waals surface area contributed by atoms with Gasteiger partial charge in [-0.25, -0.2) is 10.2 Å². The number of nitrogens with one attached hydrogen (secondary N) is 2. The minimum absolute atomic E-state index is 0.0166. The lowest BCUT2D eigenvalue weighted by molar-refractivity contribution is -0.120. The Morgan fingerprint density at radius 3 is 2.38 bits per heavy atom. The Morgan fingerprint density at radius 2 is 1.67 bits per heavy atom. The van der Waals surface area contributed by atoms with Crippen molar-refractivity contribution in [3.63, 3.8) is 0 Å². The van der Waals surface area contributed by atoms with Gasteiger partial charge < -0.3 is 24.3 Å². The maximum Gasteiger partial charge on any atom is 0.343 e. The smallest absolute Gasteiger partial charge is 0.343 e. The van der Waals surface area contributed by atoms with Crippen LogP contribution in [0, 0.1) is 0 Å². The first-order valence-corrected chi connectivity index (χ1v) is 12.3. The van der Waals surface area contributed by atoms with Gasteiger partial charge in [-0.05, 0) is 61.0 Å². The average Bonchev–Trinajstić information content (AvgIpc) is 2.94. The van der Waals surface area contributed by atoms with Crippen molar-refractivity contribution in [3.05, 3.63) is 82.4 Å². The monoisotopic (exact) mass is 553 g/mol. The van der Waals surface area contributed by atoms with E-state index in [-0.39, 0.29) is 30.2 Å². The molecule has 10 nitrogen and oxygen atoms in total. The summed E-state index contributed by atoms with van der Waals surface area (Å²) in [5, 5.41) is 6.91. The number of hydrogen-bond acceptors (Lipinski definition) is 8. The summed E-state index contributed by atoms with van der Waals surface area (Å²) in [6.45, 7) is 2.24. The molecule has 2 N–H and O–H groups in total. The highest BCUT2D eigenvalue weighted by Crippen LogP contribution is 2.31. The quantitative estimate of drug-likeness (QED) is 0.149. The van der Waals surface area contributed by atoms with Crippen LogP contribution in [0.25, 0.3) is 0 Å². The van der Waals surface area contributed by atoms with Crippen molar-refractivity contribution < 1.29 is 33.3 Å². The number of methoxy groups -OCH3 is 2. The fourth-order valence-electron chi connectivity index (χ4n) is 3.34. The number of benzene rings is 3. The van der Waals surface area contributed by atoms with E-state index in [1.165, 1.54) is 26.5 Å². The third-order valence-electron chi connectivity index (χ3n) is 5.25. The number of hydrazone groups is 1. The normalized spacial score (nSPS) is 10.6. The number of carbonyl (C=O) groups is 3. The van der Waals surface area contributed by atoms with E-state index >= 15 is 0 Å². The van der Waals surface area contributed by atoms with Crippen molar-refractivity contribution in [1.82, 2.24) is 10.7 Å². The molecule has 3 aromatic rings. The van der Waals surface area contributed by atoms with E-state index in [1.54, 1.807) is 61.5 Å². The molecule has 0 bridgehead atoms. The molecule has 0 unspecified atom stereocenters. The van der Waals surface area contributed by atoms with Gasteiger partial charge in [-0.3, -0.25) is 9.59 Å². The zero-order valence-electron chi connectivity index (χ0n) is 21.7. The first kappa shape index (κ1) is 29.0. The van der Waals surface area contributed by atoms with E-state index in [1.807, 2.05) is 0 Å². The summed E-state index contributed by atoms with van der Waals surface area (Å²) in [4.78, 5) is 36.9. The second-order valence-electron chi connectivity index (χ2n) is 7.88. The van der Waals surface area contributed by atoms with Gasteiger partial charge in [-0.15, -0.1) is 0 Å². The molecule has 0 aliphatic rings. The highest BCUT2D eigenvalue weighted by molar-refractivity contribution is 6.33. The van der Waals surface area contributed by atoms with Crippen LogP contribution < -0.4 is 29.7 Å². The molecule has 204 valence electrons. The predicted molar refractivity (Wildman–Crippen MR) is 146 cm³/mol. The molecule has 0 saturated carbocycles. The number of carbonyl (C=O) groups excluding carboxylic acids is 3. The van der Waals surface area contributed by atoms with Crippen LogP contribution >= 0.6 is 11.6 Å². The van der Waals surface area contributed by atoms with Gasteiger partial charge in [0.15, 0.2) is 23.0 Å². The molecule has 11 heteroatoms. The summed E-state index contributed by atoms with van der Waals surface area (Å²) in [6.07, 6.45) is 1.44. The summed E-state index contributed by atoms with van der Waals surface area (Å²) in [6, 6.07) is 16.2. The topological polar surface area (TPSA) is 125 Å². The van der Waals surface area contributed by atoms with Crippen molar-refractivity contribution >= 4 is 35.6 Å². The molecule has 0 aliphatic heterocycles. The van der Waals surface area contributed by atoms with Crippen molar-refractivity contribution in [2.45, 2.75) is 13.3 Å².